The molecule has 0 spiro atoms. The minimum Gasteiger partial charge on any atom is -0.135 e. The Hall–Kier alpha value is -1.000. The standard InChI is InChI=1S/C15H19P/c1-5-6-7-8-12-11(2)15(3,4)14-13(12)9-10-16-14/h6-10,16H,2,5H2,1,3-4H3/b7-6+,12-8+. The predicted octanol–water partition coefficient (Wildman–Crippen LogP) is 4.91. The number of hydrogen-bond acceptors (Lipinski definition) is 0. The highest BCUT2D eigenvalue weighted by molar-refractivity contribution is 7.30. The maximum atomic E-state index is 4.28. The number of rotatable bonds is 2. The number of fused-ring (bicyclic) bond motifs is 1. The van der Waals surface area contributed by atoms with Crippen LogP contribution in [0.5, 0.6) is 0 Å². The Kier molecular flexibility index (Phi) is 2.95. The molecule has 1 aromatic rings. The summed E-state index contributed by atoms with van der Waals surface area (Å²) in [4.78, 5) is 0. The largest absolute Gasteiger partial charge is 0.135 e. The summed E-state index contributed by atoms with van der Waals surface area (Å²) in [6.45, 7) is 11.0. The number of allylic oxidation sites excluding steroid dienone is 5. The lowest BCUT2D eigenvalue weighted by Gasteiger charge is -2.19. The minimum absolute atomic E-state index is 0.156. The predicted molar refractivity (Wildman–Crippen MR) is 75.5 cm³/mol. The minimum atomic E-state index is 0.156. The fourth-order valence-electron chi connectivity index (χ4n) is 2.25. The van der Waals surface area contributed by atoms with Gasteiger partial charge in [0.15, 0.2) is 0 Å². The Morgan fingerprint density at radius 1 is 1.44 bits per heavy atom. The van der Waals surface area contributed by atoms with Crippen LogP contribution in [0.3, 0.4) is 0 Å². The molecule has 1 heteroatoms. The summed E-state index contributed by atoms with van der Waals surface area (Å²) in [7, 11) is 0.845. The Labute approximate surface area is 99.9 Å². The Morgan fingerprint density at radius 2 is 2.19 bits per heavy atom. The van der Waals surface area contributed by atoms with Crippen LogP contribution >= 0.6 is 8.19 Å². The van der Waals surface area contributed by atoms with Gasteiger partial charge in [-0.2, -0.15) is 0 Å². The molecular formula is C15H19P. The average molecular weight is 230 g/mol. The van der Waals surface area contributed by atoms with E-state index in [0.717, 1.165) is 14.6 Å². The van der Waals surface area contributed by atoms with Gasteiger partial charge < -0.3 is 0 Å². The van der Waals surface area contributed by atoms with Crippen molar-refractivity contribution in [3.63, 3.8) is 0 Å². The highest BCUT2D eigenvalue weighted by Crippen LogP contribution is 2.52. The molecule has 0 saturated carbocycles. The molecule has 0 fully saturated rings. The third-order valence-corrected chi connectivity index (χ3v) is 4.89. The Bertz CT molecular complexity index is 469. The summed E-state index contributed by atoms with van der Waals surface area (Å²) >= 11 is 0. The molecule has 0 saturated heterocycles. The van der Waals surface area contributed by atoms with Gasteiger partial charge in [0.1, 0.15) is 0 Å². The highest BCUT2D eigenvalue weighted by atomic mass is 31.0. The zero-order valence-electron chi connectivity index (χ0n) is 10.3. The summed E-state index contributed by atoms with van der Waals surface area (Å²) in [5.74, 6) is 2.29. The van der Waals surface area contributed by atoms with Crippen molar-refractivity contribution >= 4 is 13.8 Å². The van der Waals surface area contributed by atoms with Crippen molar-refractivity contribution in [1.82, 2.24) is 0 Å². The van der Waals surface area contributed by atoms with Crippen molar-refractivity contribution < 1.29 is 0 Å². The van der Waals surface area contributed by atoms with E-state index in [9.17, 15) is 0 Å². The third-order valence-electron chi connectivity index (χ3n) is 3.38. The second-order valence-corrected chi connectivity index (χ2v) is 5.91. The van der Waals surface area contributed by atoms with E-state index in [-0.39, 0.29) is 5.41 Å². The van der Waals surface area contributed by atoms with Gasteiger partial charge in [0.05, 0.1) is 0 Å². The Balaban J connectivity index is 2.48. The van der Waals surface area contributed by atoms with Gasteiger partial charge in [-0.3, -0.25) is 0 Å². The van der Waals surface area contributed by atoms with Crippen molar-refractivity contribution in [3.05, 3.63) is 53.1 Å². The van der Waals surface area contributed by atoms with Crippen LogP contribution in [0.25, 0.3) is 5.57 Å². The van der Waals surface area contributed by atoms with E-state index in [1.165, 1.54) is 16.7 Å². The quantitative estimate of drug-likeness (QED) is 0.676. The summed E-state index contributed by atoms with van der Waals surface area (Å²) in [5, 5.41) is 1.56. The third kappa shape index (κ3) is 1.62. The molecule has 0 bridgehead atoms. The zero-order valence-corrected chi connectivity index (χ0v) is 11.3. The molecule has 0 aromatic carbocycles. The van der Waals surface area contributed by atoms with Gasteiger partial charge in [-0.05, 0) is 34.2 Å². The molecule has 16 heavy (non-hydrogen) atoms. The van der Waals surface area contributed by atoms with E-state index in [0.29, 0.717) is 0 Å². The maximum absolute atomic E-state index is 4.28. The molecule has 1 aromatic heterocycles. The van der Waals surface area contributed by atoms with E-state index < -0.39 is 0 Å². The molecule has 1 heterocycles. The second kappa shape index (κ2) is 4.11. The molecule has 1 aliphatic rings. The van der Waals surface area contributed by atoms with Crippen LogP contribution in [0.1, 0.15) is 38.1 Å². The smallest absolute Gasteiger partial charge is 0.0187 e. The number of hydrogen-bond donors (Lipinski definition) is 0. The zero-order chi connectivity index (χ0) is 11.8. The monoisotopic (exact) mass is 230 g/mol. The Morgan fingerprint density at radius 3 is 2.88 bits per heavy atom. The van der Waals surface area contributed by atoms with Crippen molar-refractivity contribution in [2.75, 3.05) is 0 Å². The van der Waals surface area contributed by atoms with Crippen LogP contribution in [0.4, 0.5) is 0 Å². The molecule has 1 aliphatic carbocycles. The maximum Gasteiger partial charge on any atom is 0.0187 e. The van der Waals surface area contributed by atoms with E-state index in [1.54, 1.807) is 5.30 Å². The molecule has 1 atom stereocenters. The topological polar surface area (TPSA) is 0 Å². The lowest BCUT2D eigenvalue weighted by atomic mass is 9.87. The first-order valence-electron chi connectivity index (χ1n) is 5.83. The fraction of sp³-hybridized carbons (Fsp3) is 0.333. The van der Waals surface area contributed by atoms with E-state index in [2.05, 4.69) is 57.4 Å². The van der Waals surface area contributed by atoms with Crippen LogP contribution in [-0.4, -0.2) is 0 Å². The van der Waals surface area contributed by atoms with Gasteiger partial charge in [-0.1, -0.05) is 51.6 Å². The molecule has 0 nitrogen and oxygen atoms in total. The average Bonchev–Trinajstić information content (AvgIpc) is 2.77. The van der Waals surface area contributed by atoms with Gasteiger partial charge in [0.2, 0.25) is 0 Å². The first-order chi connectivity index (χ1) is 7.59. The SMILES string of the molecule is C=C1/C(=C\C=C\CC)c2cc[pH]c2C1(C)C. The molecule has 1 unspecified atom stereocenters. The van der Waals surface area contributed by atoms with Crippen molar-refractivity contribution in [1.29, 1.82) is 0 Å². The van der Waals surface area contributed by atoms with Crippen LogP contribution in [0, 0.1) is 0 Å². The molecular weight excluding hydrogens is 211 g/mol. The first kappa shape index (κ1) is 11.5. The van der Waals surface area contributed by atoms with Crippen molar-refractivity contribution in [2.45, 2.75) is 32.6 Å². The van der Waals surface area contributed by atoms with E-state index >= 15 is 0 Å². The molecule has 2 rings (SSSR count). The molecule has 0 aliphatic heterocycles. The molecule has 84 valence electrons. The summed E-state index contributed by atoms with van der Waals surface area (Å²) in [5.41, 5.74) is 4.19. The van der Waals surface area contributed by atoms with Gasteiger partial charge >= 0.3 is 0 Å². The highest BCUT2D eigenvalue weighted by Gasteiger charge is 2.36. The van der Waals surface area contributed by atoms with Crippen molar-refractivity contribution in [2.24, 2.45) is 0 Å². The summed E-state index contributed by atoms with van der Waals surface area (Å²) < 4.78 is 0. The van der Waals surface area contributed by atoms with Gasteiger partial charge in [-0.15, -0.1) is 8.19 Å². The van der Waals surface area contributed by atoms with Crippen LogP contribution in [-0.2, 0) is 5.41 Å². The summed E-state index contributed by atoms with van der Waals surface area (Å²) in [6.07, 6.45) is 7.65. The van der Waals surface area contributed by atoms with Crippen LogP contribution < -0.4 is 0 Å². The second-order valence-electron chi connectivity index (χ2n) is 4.79. The van der Waals surface area contributed by atoms with Gasteiger partial charge in [-0.25, -0.2) is 0 Å². The van der Waals surface area contributed by atoms with Crippen LogP contribution in [0.2, 0.25) is 0 Å². The normalized spacial score (nSPS) is 21.4. The first-order valence-corrected chi connectivity index (χ1v) is 6.91. The fourth-order valence-corrected chi connectivity index (χ4v) is 3.55. The lowest BCUT2D eigenvalue weighted by molar-refractivity contribution is 0.678. The summed E-state index contributed by atoms with van der Waals surface area (Å²) in [6, 6.07) is 2.26. The van der Waals surface area contributed by atoms with Crippen LogP contribution in [0.15, 0.2) is 42.2 Å². The van der Waals surface area contributed by atoms with Gasteiger partial charge in [0, 0.05) is 5.41 Å². The molecule has 0 amide bonds. The lowest BCUT2D eigenvalue weighted by Crippen LogP contribution is -2.12. The molecule has 0 radical (unpaired) electrons. The van der Waals surface area contributed by atoms with E-state index in [1.807, 2.05) is 0 Å². The van der Waals surface area contributed by atoms with Crippen molar-refractivity contribution in [3.8, 4) is 0 Å². The van der Waals surface area contributed by atoms with Gasteiger partial charge in [0.25, 0.3) is 0 Å². The van der Waals surface area contributed by atoms with E-state index in [4.69, 9.17) is 0 Å². The molecule has 0 N–H and O–H groups in total.